The minimum atomic E-state index is 0.117. The lowest BCUT2D eigenvalue weighted by Gasteiger charge is -2.45. The number of anilines is 1. The Hall–Kier alpha value is -1.09. The summed E-state index contributed by atoms with van der Waals surface area (Å²) in [6.45, 7) is 1.24. The van der Waals surface area contributed by atoms with E-state index in [0.717, 1.165) is 23.7 Å². The van der Waals surface area contributed by atoms with Crippen molar-refractivity contribution in [3.63, 3.8) is 0 Å². The summed E-state index contributed by atoms with van der Waals surface area (Å²) in [5.74, 6) is 0.860. The van der Waals surface area contributed by atoms with E-state index >= 15 is 0 Å². The van der Waals surface area contributed by atoms with Gasteiger partial charge in [-0.15, -0.1) is 0 Å². The minimum Gasteiger partial charge on any atom is -0.392 e. The zero-order valence-electron chi connectivity index (χ0n) is 10.9. The Morgan fingerprint density at radius 1 is 1.22 bits per heavy atom. The Balaban J connectivity index is 1.89. The van der Waals surface area contributed by atoms with Crippen LogP contribution in [0.5, 0.6) is 0 Å². The molecule has 0 spiro atoms. The molecule has 0 radical (unpaired) electrons. The first-order valence-electron chi connectivity index (χ1n) is 7.20. The zero-order valence-corrected chi connectivity index (χ0v) is 10.9. The van der Waals surface area contributed by atoms with E-state index in [1.165, 1.54) is 38.5 Å². The maximum absolute atomic E-state index is 9.49. The Morgan fingerprint density at radius 3 is 2.94 bits per heavy atom. The van der Waals surface area contributed by atoms with Crippen LogP contribution in [0.15, 0.2) is 18.5 Å². The second-order valence-corrected chi connectivity index (χ2v) is 5.61. The molecule has 3 heteroatoms. The van der Waals surface area contributed by atoms with Gasteiger partial charge in [-0.05, 0) is 37.7 Å². The van der Waals surface area contributed by atoms with E-state index in [0.29, 0.717) is 6.04 Å². The molecule has 0 unspecified atom stereocenters. The van der Waals surface area contributed by atoms with E-state index in [4.69, 9.17) is 0 Å². The van der Waals surface area contributed by atoms with Crippen LogP contribution in [0.1, 0.15) is 44.1 Å². The van der Waals surface area contributed by atoms with Crippen molar-refractivity contribution in [2.45, 2.75) is 51.2 Å². The molecule has 18 heavy (non-hydrogen) atoms. The van der Waals surface area contributed by atoms with Crippen molar-refractivity contribution in [3.8, 4) is 0 Å². The summed E-state index contributed by atoms with van der Waals surface area (Å²) in [5.41, 5.74) is 2.19. The van der Waals surface area contributed by atoms with E-state index in [9.17, 15) is 5.11 Å². The molecule has 1 aromatic rings. The maximum Gasteiger partial charge on any atom is 0.0703 e. The molecule has 3 nitrogen and oxygen atoms in total. The predicted molar refractivity (Wildman–Crippen MR) is 72.5 cm³/mol. The lowest BCUT2D eigenvalue weighted by molar-refractivity contribution is 0.241. The summed E-state index contributed by atoms with van der Waals surface area (Å²) in [6.07, 6.45) is 11.8. The first kappa shape index (κ1) is 12.0. The summed E-state index contributed by atoms with van der Waals surface area (Å²) < 4.78 is 0. The zero-order chi connectivity index (χ0) is 12.4. The third kappa shape index (κ3) is 2.12. The molecule has 0 aromatic carbocycles. The molecule has 98 valence electrons. The molecule has 0 bridgehead atoms. The van der Waals surface area contributed by atoms with Gasteiger partial charge < -0.3 is 10.0 Å². The minimum absolute atomic E-state index is 0.117. The predicted octanol–water partition coefficient (Wildman–Crippen LogP) is 2.73. The molecule has 3 rings (SSSR count). The smallest absolute Gasteiger partial charge is 0.0703 e. The van der Waals surface area contributed by atoms with E-state index in [-0.39, 0.29) is 6.61 Å². The highest BCUT2D eigenvalue weighted by Gasteiger charge is 2.33. The number of nitrogens with zero attached hydrogens (tertiary/aromatic N) is 2. The fraction of sp³-hybridized carbons (Fsp3) is 0.667. The molecular weight excluding hydrogens is 224 g/mol. The molecule has 1 saturated heterocycles. The number of aliphatic hydroxyl groups excluding tert-OH is 1. The third-order valence-corrected chi connectivity index (χ3v) is 4.61. The number of hydrogen-bond acceptors (Lipinski definition) is 3. The number of fused-ring (bicyclic) bond motifs is 1. The van der Waals surface area contributed by atoms with Gasteiger partial charge in [-0.3, -0.25) is 4.98 Å². The van der Waals surface area contributed by atoms with Gasteiger partial charge in [0.15, 0.2) is 0 Å². The summed E-state index contributed by atoms with van der Waals surface area (Å²) in [5, 5.41) is 9.49. The van der Waals surface area contributed by atoms with Crippen LogP contribution in [0, 0.1) is 5.92 Å². The average Bonchev–Trinajstić information content (AvgIpc) is 2.46. The lowest BCUT2D eigenvalue weighted by Crippen LogP contribution is -2.47. The molecule has 1 saturated carbocycles. The normalized spacial score (nSPS) is 27.9. The van der Waals surface area contributed by atoms with Crippen LogP contribution in [-0.4, -0.2) is 22.7 Å². The number of rotatable bonds is 2. The lowest BCUT2D eigenvalue weighted by atomic mass is 9.78. The second-order valence-electron chi connectivity index (χ2n) is 5.61. The molecule has 2 atom stereocenters. The van der Waals surface area contributed by atoms with Gasteiger partial charge >= 0.3 is 0 Å². The molecule has 2 aliphatic rings. The molecule has 2 heterocycles. The quantitative estimate of drug-likeness (QED) is 0.871. The molecule has 2 fully saturated rings. The van der Waals surface area contributed by atoms with Crippen molar-refractivity contribution in [1.82, 2.24) is 4.98 Å². The standard InChI is InChI=1S/C15H22N2O/c18-11-13-7-8-16-10-15(13)17-9-3-5-12-4-1-2-6-14(12)17/h7-8,10,12,14,18H,1-6,9,11H2/t12-,14-/m1/s1. The van der Waals surface area contributed by atoms with Gasteiger partial charge in [0.2, 0.25) is 0 Å². The molecule has 0 amide bonds. The molecule has 1 N–H and O–H groups in total. The maximum atomic E-state index is 9.49. The van der Waals surface area contributed by atoms with Crippen molar-refractivity contribution >= 4 is 5.69 Å². The number of pyridine rings is 1. The van der Waals surface area contributed by atoms with Crippen LogP contribution in [-0.2, 0) is 6.61 Å². The highest BCUT2D eigenvalue weighted by Crippen LogP contribution is 2.38. The Morgan fingerprint density at radius 2 is 2.06 bits per heavy atom. The second kappa shape index (κ2) is 5.27. The summed E-state index contributed by atoms with van der Waals surface area (Å²) in [4.78, 5) is 6.77. The first-order chi connectivity index (χ1) is 8.90. The number of aliphatic hydroxyl groups is 1. The largest absolute Gasteiger partial charge is 0.392 e. The van der Waals surface area contributed by atoms with Gasteiger partial charge in [-0.2, -0.15) is 0 Å². The van der Waals surface area contributed by atoms with Gasteiger partial charge in [0.05, 0.1) is 18.5 Å². The van der Waals surface area contributed by atoms with Gasteiger partial charge in [0, 0.05) is 24.3 Å². The van der Waals surface area contributed by atoms with E-state index in [1.54, 1.807) is 6.20 Å². The van der Waals surface area contributed by atoms with Crippen molar-refractivity contribution in [2.24, 2.45) is 5.92 Å². The van der Waals surface area contributed by atoms with Gasteiger partial charge in [-0.25, -0.2) is 0 Å². The van der Waals surface area contributed by atoms with Crippen molar-refractivity contribution < 1.29 is 5.11 Å². The average molecular weight is 246 g/mol. The van der Waals surface area contributed by atoms with Crippen molar-refractivity contribution in [3.05, 3.63) is 24.0 Å². The molecular formula is C15H22N2O. The summed E-state index contributed by atoms with van der Waals surface area (Å²) in [6, 6.07) is 2.63. The number of hydrogen-bond donors (Lipinski definition) is 1. The highest BCUT2D eigenvalue weighted by molar-refractivity contribution is 5.53. The Bertz CT molecular complexity index is 405. The fourth-order valence-electron chi connectivity index (χ4n) is 3.73. The van der Waals surface area contributed by atoms with Gasteiger partial charge in [0.25, 0.3) is 0 Å². The van der Waals surface area contributed by atoms with E-state index < -0.39 is 0 Å². The molecule has 1 aliphatic carbocycles. The van der Waals surface area contributed by atoms with Crippen LogP contribution in [0.25, 0.3) is 0 Å². The van der Waals surface area contributed by atoms with Crippen molar-refractivity contribution in [2.75, 3.05) is 11.4 Å². The van der Waals surface area contributed by atoms with E-state index in [1.807, 2.05) is 12.3 Å². The SMILES string of the molecule is OCc1ccncc1N1CCC[C@H]2CCCC[C@H]21. The first-order valence-corrected chi connectivity index (χ1v) is 7.20. The summed E-state index contributed by atoms with van der Waals surface area (Å²) in [7, 11) is 0. The van der Waals surface area contributed by atoms with Gasteiger partial charge in [0.1, 0.15) is 0 Å². The topological polar surface area (TPSA) is 36.4 Å². The van der Waals surface area contributed by atoms with Crippen molar-refractivity contribution in [1.29, 1.82) is 0 Å². The number of piperidine rings is 1. The van der Waals surface area contributed by atoms with E-state index in [2.05, 4.69) is 9.88 Å². The highest BCUT2D eigenvalue weighted by atomic mass is 16.3. The summed E-state index contributed by atoms with van der Waals surface area (Å²) >= 11 is 0. The third-order valence-electron chi connectivity index (χ3n) is 4.61. The van der Waals surface area contributed by atoms with Crippen LogP contribution in [0.3, 0.4) is 0 Å². The fourth-order valence-corrected chi connectivity index (χ4v) is 3.73. The molecule has 1 aromatic heterocycles. The Kier molecular flexibility index (Phi) is 3.50. The number of aromatic nitrogens is 1. The van der Waals surface area contributed by atoms with Crippen LogP contribution in [0.4, 0.5) is 5.69 Å². The molecule has 1 aliphatic heterocycles. The van der Waals surface area contributed by atoms with Crippen LogP contribution in [0.2, 0.25) is 0 Å². The van der Waals surface area contributed by atoms with Crippen LogP contribution >= 0.6 is 0 Å². The van der Waals surface area contributed by atoms with Gasteiger partial charge in [-0.1, -0.05) is 12.8 Å². The van der Waals surface area contributed by atoms with Crippen LogP contribution < -0.4 is 4.90 Å². The Labute approximate surface area is 109 Å². The monoisotopic (exact) mass is 246 g/mol.